The van der Waals surface area contributed by atoms with Gasteiger partial charge < -0.3 is 9.84 Å². The molecule has 0 amide bonds. The molecule has 2 aromatic carbocycles. The van der Waals surface area contributed by atoms with Gasteiger partial charge in [0.15, 0.2) is 0 Å². The van der Waals surface area contributed by atoms with Gasteiger partial charge in [-0.1, -0.05) is 12.1 Å². The van der Waals surface area contributed by atoms with E-state index in [2.05, 4.69) is 4.98 Å². The van der Waals surface area contributed by atoms with Gasteiger partial charge in [0.2, 0.25) is 10.0 Å². The molecule has 1 N–H and O–H groups in total. The number of carboxylic acids is 1. The number of carboxylic acid groups (broad SMARTS) is 1. The van der Waals surface area contributed by atoms with Crippen LogP contribution in [0.1, 0.15) is 30.1 Å². The van der Waals surface area contributed by atoms with Crippen LogP contribution >= 0.6 is 0 Å². The second-order valence-electron chi connectivity index (χ2n) is 7.11. The molecule has 0 atom stereocenters. The molecule has 156 valence electrons. The van der Waals surface area contributed by atoms with Crippen molar-refractivity contribution < 1.29 is 23.1 Å². The molecule has 0 bridgehead atoms. The number of benzene rings is 2. The Bertz CT molecular complexity index is 1220. The summed E-state index contributed by atoms with van der Waals surface area (Å²) < 4.78 is 32.7. The Balaban J connectivity index is 1.84. The number of hydrogen-bond acceptors (Lipinski definition) is 5. The quantitative estimate of drug-likeness (QED) is 0.644. The molecule has 0 unspecified atom stereocenters. The summed E-state index contributed by atoms with van der Waals surface area (Å²) in [6.07, 6.45) is 1.66. The molecule has 0 saturated carbocycles. The number of hydrogen-bond donors (Lipinski definition) is 1. The number of fused-ring (bicyclic) bond motifs is 1. The Kier molecular flexibility index (Phi) is 5.44. The van der Waals surface area contributed by atoms with Crippen LogP contribution in [0.3, 0.4) is 0 Å². The number of nitrogens with zero attached hydrogens (tertiary/aromatic N) is 2. The Morgan fingerprint density at radius 3 is 2.60 bits per heavy atom. The zero-order valence-electron chi connectivity index (χ0n) is 16.5. The lowest BCUT2D eigenvalue weighted by molar-refractivity contribution is 0.0699. The van der Waals surface area contributed by atoms with Gasteiger partial charge in [0.05, 0.1) is 28.3 Å². The van der Waals surface area contributed by atoms with Crippen molar-refractivity contribution in [1.29, 1.82) is 0 Å². The van der Waals surface area contributed by atoms with Crippen molar-refractivity contribution in [3.8, 4) is 17.0 Å². The molecule has 1 aromatic heterocycles. The summed E-state index contributed by atoms with van der Waals surface area (Å²) in [5.41, 5.74) is 1.64. The summed E-state index contributed by atoms with van der Waals surface area (Å²) in [7, 11) is -3.65. The number of aromatic nitrogens is 1. The molecular weight excluding hydrogens is 404 g/mol. The number of pyridine rings is 1. The number of ether oxygens (including phenoxy) is 1. The predicted molar refractivity (Wildman–Crippen MR) is 113 cm³/mol. The average Bonchev–Trinajstić information content (AvgIpc) is 3.29. The maximum atomic E-state index is 12.9. The van der Waals surface area contributed by atoms with E-state index in [4.69, 9.17) is 4.74 Å². The molecule has 4 rings (SSSR count). The van der Waals surface area contributed by atoms with Crippen molar-refractivity contribution in [2.45, 2.75) is 24.7 Å². The first-order valence-electron chi connectivity index (χ1n) is 9.81. The number of carbonyl (C=O) groups is 1. The lowest BCUT2D eigenvalue weighted by Gasteiger charge is -2.16. The maximum Gasteiger partial charge on any atom is 0.336 e. The fourth-order valence-corrected chi connectivity index (χ4v) is 5.22. The van der Waals surface area contributed by atoms with Crippen LogP contribution in [0.15, 0.2) is 53.4 Å². The summed E-state index contributed by atoms with van der Waals surface area (Å²) in [5.74, 6) is -0.471. The third kappa shape index (κ3) is 3.76. The predicted octanol–water partition coefficient (Wildman–Crippen LogP) is 3.78. The first-order chi connectivity index (χ1) is 14.4. The van der Waals surface area contributed by atoms with Gasteiger partial charge in [-0.05, 0) is 56.2 Å². The summed E-state index contributed by atoms with van der Waals surface area (Å²) in [5, 5.41) is 10.1. The zero-order chi connectivity index (χ0) is 21.3. The summed E-state index contributed by atoms with van der Waals surface area (Å²) >= 11 is 0. The van der Waals surface area contributed by atoms with E-state index in [9.17, 15) is 18.3 Å². The van der Waals surface area contributed by atoms with Gasteiger partial charge in [-0.3, -0.25) is 0 Å². The van der Waals surface area contributed by atoms with Crippen molar-refractivity contribution in [3.05, 3.63) is 54.1 Å². The highest BCUT2D eigenvalue weighted by atomic mass is 32.2. The molecule has 1 fully saturated rings. The van der Waals surface area contributed by atoms with Crippen LogP contribution in [0.5, 0.6) is 5.75 Å². The van der Waals surface area contributed by atoms with E-state index in [0.29, 0.717) is 42.0 Å². The van der Waals surface area contributed by atoms with Gasteiger partial charge >= 0.3 is 5.97 Å². The molecular formula is C22H22N2O5S. The maximum absolute atomic E-state index is 12.9. The van der Waals surface area contributed by atoms with E-state index in [1.165, 1.54) is 22.5 Å². The standard InChI is InChI=1S/C22H22N2O5S/c1-2-29-16-7-5-6-15(12-16)21-14-19(22(25)26)18-13-17(8-9-20(18)23-21)30(27,28)24-10-3-4-11-24/h5-9,12-14H,2-4,10-11H2,1H3,(H,25,26). The van der Waals surface area contributed by atoms with Crippen molar-refractivity contribution in [2.24, 2.45) is 0 Å². The van der Waals surface area contributed by atoms with Crippen LogP contribution < -0.4 is 4.74 Å². The number of aromatic carboxylic acids is 1. The molecule has 7 nitrogen and oxygen atoms in total. The van der Waals surface area contributed by atoms with Gasteiger partial charge in [0.25, 0.3) is 0 Å². The molecule has 2 heterocycles. The van der Waals surface area contributed by atoms with Gasteiger partial charge in [0.1, 0.15) is 5.75 Å². The minimum Gasteiger partial charge on any atom is -0.494 e. The fourth-order valence-electron chi connectivity index (χ4n) is 3.68. The second kappa shape index (κ2) is 8.04. The topological polar surface area (TPSA) is 96.8 Å². The number of rotatable bonds is 6. The molecule has 1 aliphatic heterocycles. The lowest BCUT2D eigenvalue weighted by Crippen LogP contribution is -2.27. The Morgan fingerprint density at radius 1 is 1.13 bits per heavy atom. The SMILES string of the molecule is CCOc1cccc(-c2cc(C(=O)O)c3cc(S(=O)(=O)N4CCCC4)ccc3n2)c1. The van der Waals surface area contributed by atoms with Crippen molar-refractivity contribution in [1.82, 2.24) is 9.29 Å². The van der Waals surface area contributed by atoms with E-state index in [-0.39, 0.29) is 10.5 Å². The largest absolute Gasteiger partial charge is 0.494 e. The normalized spacial score (nSPS) is 14.8. The molecule has 30 heavy (non-hydrogen) atoms. The molecule has 3 aromatic rings. The Morgan fingerprint density at radius 2 is 1.90 bits per heavy atom. The van der Waals surface area contributed by atoms with Crippen molar-refractivity contribution >= 4 is 26.9 Å². The summed E-state index contributed by atoms with van der Waals surface area (Å²) in [6, 6.07) is 13.2. The zero-order valence-corrected chi connectivity index (χ0v) is 17.4. The molecule has 1 saturated heterocycles. The van der Waals surface area contributed by atoms with E-state index < -0.39 is 16.0 Å². The Labute approximate surface area is 175 Å². The minimum absolute atomic E-state index is 0.00952. The van der Waals surface area contributed by atoms with Gasteiger partial charge in [0, 0.05) is 24.0 Å². The fraction of sp³-hybridized carbons (Fsp3) is 0.273. The highest BCUT2D eigenvalue weighted by Crippen LogP contribution is 2.30. The van der Waals surface area contributed by atoms with Gasteiger partial charge in [-0.25, -0.2) is 18.2 Å². The van der Waals surface area contributed by atoms with Crippen molar-refractivity contribution in [2.75, 3.05) is 19.7 Å². The monoisotopic (exact) mass is 426 g/mol. The minimum atomic E-state index is -3.65. The van der Waals surface area contributed by atoms with Crippen LogP contribution in [-0.2, 0) is 10.0 Å². The highest BCUT2D eigenvalue weighted by molar-refractivity contribution is 7.89. The molecule has 0 radical (unpaired) electrons. The third-order valence-corrected chi connectivity index (χ3v) is 7.05. The van der Waals surface area contributed by atoms with Gasteiger partial charge in [-0.2, -0.15) is 4.31 Å². The van der Waals surface area contributed by atoms with Crippen LogP contribution in [-0.4, -0.2) is 48.5 Å². The summed E-state index contributed by atoms with van der Waals surface area (Å²) in [6.45, 7) is 3.37. The van der Waals surface area contributed by atoms with Crippen LogP contribution in [0, 0.1) is 0 Å². The van der Waals surface area contributed by atoms with E-state index in [1.807, 2.05) is 25.1 Å². The Hall–Kier alpha value is -2.97. The van der Waals surface area contributed by atoms with E-state index in [1.54, 1.807) is 12.1 Å². The third-order valence-electron chi connectivity index (χ3n) is 5.15. The smallest absolute Gasteiger partial charge is 0.336 e. The average molecular weight is 426 g/mol. The molecule has 8 heteroatoms. The van der Waals surface area contributed by atoms with E-state index in [0.717, 1.165) is 18.4 Å². The lowest BCUT2D eigenvalue weighted by atomic mass is 10.0. The first kappa shape index (κ1) is 20.3. The van der Waals surface area contributed by atoms with Crippen LogP contribution in [0.2, 0.25) is 0 Å². The van der Waals surface area contributed by atoms with Crippen LogP contribution in [0.25, 0.3) is 22.2 Å². The second-order valence-corrected chi connectivity index (χ2v) is 9.05. The molecule has 0 spiro atoms. The number of sulfonamides is 1. The van der Waals surface area contributed by atoms with Crippen LogP contribution in [0.4, 0.5) is 0 Å². The van der Waals surface area contributed by atoms with Gasteiger partial charge in [-0.15, -0.1) is 0 Å². The van der Waals surface area contributed by atoms with Crippen molar-refractivity contribution in [3.63, 3.8) is 0 Å². The molecule has 1 aliphatic rings. The first-order valence-corrected chi connectivity index (χ1v) is 11.3. The van der Waals surface area contributed by atoms with E-state index >= 15 is 0 Å². The highest BCUT2D eigenvalue weighted by Gasteiger charge is 2.28. The summed E-state index contributed by atoms with van der Waals surface area (Å²) in [4.78, 5) is 16.6. The molecule has 0 aliphatic carbocycles.